The molecule has 9 heteroatoms. The van der Waals surface area contributed by atoms with Crippen LogP contribution in [0.15, 0.2) is 72.8 Å². The summed E-state index contributed by atoms with van der Waals surface area (Å²) in [5.74, 6) is 4.57. The number of hydrogen-bond donors (Lipinski definition) is 0. The van der Waals surface area contributed by atoms with Gasteiger partial charge in [0.15, 0.2) is 0 Å². The third kappa shape index (κ3) is 3.73. The van der Waals surface area contributed by atoms with Crippen LogP contribution in [0.2, 0.25) is 0 Å². The number of nitrogens with zero attached hydrogens (tertiary/aromatic N) is 8. The molecule has 8 bridgehead atoms. The van der Waals surface area contributed by atoms with Crippen molar-refractivity contribution >= 4 is 22.1 Å². The van der Waals surface area contributed by atoms with Crippen LogP contribution in [-0.2, 0) is 17.1 Å². The first kappa shape index (κ1) is 24.3. The van der Waals surface area contributed by atoms with Crippen LogP contribution in [0.1, 0.15) is 49.2 Å². The molecule has 5 heterocycles. The molecule has 1 saturated carbocycles. The van der Waals surface area contributed by atoms with E-state index in [4.69, 9.17) is 39.9 Å². The van der Waals surface area contributed by atoms with Crippen LogP contribution in [0.25, 0.3) is 67.6 Å². The van der Waals surface area contributed by atoms with E-state index in [0.29, 0.717) is 34.6 Å². The van der Waals surface area contributed by atoms with Gasteiger partial charge in [-0.15, -0.1) is 0 Å². The fourth-order valence-electron chi connectivity index (χ4n) is 6.46. The molecule has 4 aliphatic rings. The zero-order valence-electron chi connectivity index (χ0n) is 21.8. The fourth-order valence-corrected chi connectivity index (χ4v) is 6.46. The van der Waals surface area contributed by atoms with Gasteiger partial charge in [-0.2, -0.15) is 0 Å². The average molecular weight is 582 g/mol. The first-order chi connectivity index (χ1) is 19.8. The smallest absolute Gasteiger partial charge is 0.366 e. The van der Waals surface area contributed by atoms with E-state index in [1.54, 1.807) is 0 Å². The van der Waals surface area contributed by atoms with Gasteiger partial charge in [0.2, 0.25) is 0 Å². The Kier molecular flexibility index (Phi) is 5.52. The van der Waals surface area contributed by atoms with E-state index in [1.165, 1.54) is 0 Å². The molecule has 2 aromatic heterocycles. The van der Waals surface area contributed by atoms with E-state index in [-0.39, 0.29) is 28.9 Å². The third-order valence-corrected chi connectivity index (χ3v) is 8.38. The van der Waals surface area contributed by atoms with E-state index in [9.17, 15) is 0 Å². The van der Waals surface area contributed by atoms with Crippen molar-refractivity contribution in [1.82, 2.24) is 39.9 Å². The molecule has 8 nitrogen and oxygen atoms in total. The van der Waals surface area contributed by atoms with Gasteiger partial charge in [0.05, 0.1) is 23.3 Å². The van der Waals surface area contributed by atoms with Gasteiger partial charge in [-0.3, -0.25) is 0 Å². The first-order valence-corrected chi connectivity index (χ1v) is 13.8. The van der Waals surface area contributed by atoms with Crippen LogP contribution in [0, 0.1) is 0 Å². The Morgan fingerprint density at radius 2 is 0.854 bits per heavy atom. The molecule has 0 amide bonds. The molecule has 201 valence electrons. The second-order valence-corrected chi connectivity index (χ2v) is 10.7. The van der Waals surface area contributed by atoms with Crippen molar-refractivity contribution < 1.29 is 17.1 Å². The Morgan fingerprint density at radius 1 is 0.463 bits per heavy atom. The van der Waals surface area contributed by atoms with E-state index < -0.39 is 0 Å². The first-order valence-electron chi connectivity index (χ1n) is 13.8. The third-order valence-electron chi connectivity index (χ3n) is 8.38. The standard InChI is InChI=1S/C32H22N8.Cu/c1-2-10-18-17(9-1)25-33-26(18)38-28-21-13-5-6-14-22(21)30(35-28)40-32-24-16-8-7-15-23(24)31(36-32)39-29-20-12-4-3-11-19(20)27(34-29)37-25;/h1-6,9-14,23-24H,7-8,15-16H2;/q-2;+2/t23-,24?;/m0./s1. The van der Waals surface area contributed by atoms with Gasteiger partial charge in [0, 0.05) is 33.5 Å². The summed E-state index contributed by atoms with van der Waals surface area (Å²) in [7, 11) is 0. The van der Waals surface area contributed by atoms with Crippen molar-refractivity contribution in [2.24, 2.45) is 0 Å². The summed E-state index contributed by atoms with van der Waals surface area (Å²) in [6.45, 7) is 0. The summed E-state index contributed by atoms with van der Waals surface area (Å²) in [4.78, 5) is 40.0. The number of aromatic nitrogens is 8. The van der Waals surface area contributed by atoms with Gasteiger partial charge in [0.1, 0.15) is 0 Å². The molecular weight excluding hydrogens is 560 g/mol. The minimum Gasteiger partial charge on any atom is -0.366 e. The largest absolute Gasteiger partial charge is 2.00 e. The monoisotopic (exact) mass is 581 g/mol. The average Bonchev–Trinajstić information content (AvgIpc) is 3.73. The quantitative estimate of drug-likeness (QED) is 0.197. The molecule has 0 N–H and O–H groups in total. The molecule has 3 aliphatic heterocycles. The van der Waals surface area contributed by atoms with Crippen LogP contribution in [0.4, 0.5) is 0 Å². The van der Waals surface area contributed by atoms with Crippen LogP contribution in [-0.4, -0.2) is 29.9 Å². The predicted octanol–water partition coefficient (Wildman–Crippen LogP) is 6.14. The molecule has 5 aromatic rings. The number of benzene rings is 3. The summed E-state index contributed by atoms with van der Waals surface area (Å²) in [6.07, 6.45) is 4.42. The van der Waals surface area contributed by atoms with Gasteiger partial charge in [-0.25, -0.2) is 9.97 Å². The van der Waals surface area contributed by atoms with Crippen molar-refractivity contribution in [3.8, 4) is 45.6 Å². The predicted molar refractivity (Wildman–Crippen MR) is 152 cm³/mol. The van der Waals surface area contributed by atoms with Crippen LogP contribution >= 0.6 is 0 Å². The molecule has 1 radical (unpaired) electrons. The Morgan fingerprint density at radius 3 is 1.29 bits per heavy atom. The van der Waals surface area contributed by atoms with Crippen LogP contribution in [0.3, 0.4) is 0 Å². The number of rotatable bonds is 0. The summed E-state index contributed by atoms with van der Waals surface area (Å²) in [6, 6.07) is 24.3. The molecule has 1 unspecified atom stereocenters. The molecule has 0 saturated heterocycles. The molecule has 0 spiro atoms. The van der Waals surface area contributed by atoms with Crippen molar-refractivity contribution in [3.05, 3.63) is 84.4 Å². The van der Waals surface area contributed by atoms with Gasteiger partial charge < -0.3 is 29.9 Å². The SMILES string of the molecule is [Cu+2].c1ccc2c(c1)-c1nc-2nc2[n-]c(nc3nc(nc4[n-]c(n1)C1CCCC[C@H]41)-c1ccccc1-3)c1ccccc21. The Bertz CT molecular complexity index is 1920. The maximum atomic E-state index is 5.09. The summed E-state index contributed by atoms with van der Waals surface area (Å²) in [5.41, 5.74) is 4.96. The Balaban J connectivity index is 0.00000256. The molecule has 2 atom stereocenters. The molecule has 1 aliphatic carbocycles. The Labute approximate surface area is 246 Å². The van der Waals surface area contributed by atoms with Gasteiger partial charge >= 0.3 is 17.1 Å². The zero-order valence-corrected chi connectivity index (χ0v) is 22.7. The second-order valence-electron chi connectivity index (χ2n) is 10.7. The maximum Gasteiger partial charge on any atom is 2.00 e. The molecule has 41 heavy (non-hydrogen) atoms. The van der Waals surface area contributed by atoms with E-state index >= 15 is 0 Å². The van der Waals surface area contributed by atoms with Crippen LogP contribution < -0.4 is 9.97 Å². The van der Waals surface area contributed by atoms with Crippen molar-refractivity contribution in [2.75, 3.05) is 0 Å². The van der Waals surface area contributed by atoms with Gasteiger partial charge in [-0.05, 0) is 47.1 Å². The number of hydrogen-bond acceptors (Lipinski definition) is 6. The molecular formula is C32H22CuN8. The normalized spacial score (nSPS) is 17.7. The fraction of sp³-hybridized carbons (Fsp3) is 0.188. The van der Waals surface area contributed by atoms with E-state index in [0.717, 1.165) is 70.4 Å². The van der Waals surface area contributed by atoms with Crippen molar-refractivity contribution in [1.29, 1.82) is 0 Å². The van der Waals surface area contributed by atoms with E-state index in [1.807, 2.05) is 60.7 Å². The summed E-state index contributed by atoms with van der Waals surface area (Å²) >= 11 is 0. The number of fused-ring (bicyclic) bond motifs is 20. The minimum atomic E-state index is 0. The molecule has 1 fully saturated rings. The zero-order chi connectivity index (χ0) is 26.2. The van der Waals surface area contributed by atoms with Gasteiger partial charge in [-0.1, -0.05) is 85.6 Å². The molecule has 3 aromatic carbocycles. The second kappa shape index (κ2) is 9.29. The Hall–Kier alpha value is -4.46. The van der Waals surface area contributed by atoms with Crippen molar-refractivity contribution in [3.63, 3.8) is 0 Å². The summed E-state index contributed by atoms with van der Waals surface area (Å²) in [5, 5.41) is 1.84. The van der Waals surface area contributed by atoms with Crippen molar-refractivity contribution in [2.45, 2.75) is 37.5 Å². The maximum absolute atomic E-state index is 5.09. The minimum absolute atomic E-state index is 0. The molecule has 9 rings (SSSR count). The topological polar surface area (TPSA) is 106 Å². The summed E-state index contributed by atoms with van der Waals surface area (Å²) < 4.78 is 0. The van der Waals surface area contributed by atoms with Crippen LogP contribution in [0.5, 0.6) is 0 Å². The van der Waals surface area contributed by atoms with E-state index in [2.05, 4.69) is 12.1 Å². The van der Waals surface area contributed by atoms with Gasteiger partial charge in [0.25, 0.3) is 0 Å².